The SMILES string of the molecule is CC(=O)Nc1cc([C@@H]2CCN(C(=O)OC(C)(C)C)C2)ns1. The zero-order chi connectivity index (χ0) is 15.6. The summed E-state index contributed by atoms with van der Waals surface area (Å²) in [6.07, 6.45) is 0.588. The lowest BCUT2D eigenvalue weighted by Crippen LogP contribution is -2.35. The van der Waals surface area contributed by atoms with E-state index in [4.69, 9.17) is 4.74 Å². The number of carbonyl (C=O) groups excluding carboxylic acids is 2. The third kappa shape index (κ3) is 4.42. The predicted octanol–water partition coefficient (Wildman–Crippen LogP) is 2.83. The molecule has 2 rings (SSSR count). The van der Waals surface area contributed by atoms with Gasteiger partial charge < -0.3 is 15.0 Å². The maximum absolute atomic E-state index is 12.0. The molecule has 2 amide bonds. The number of anilines is 1. The Bertz CT molecular complexity index is 536. The van der Waals surface area contributed by atoms with Crippen LogP contribution in [-0.2, 0) is 9.53 Å². The highest BCUT2D eigenvalue weighted by molar-refractivity contribution is 7.10. The first kappa shape index (κ1) is 15.8. The third-order valence-corrected chi connectivity index (χ3v) is 3.80. The zero-order valence-corrected chi connectivity index (χ0v) is 13.6. The number of nitrogens with one attached hydrogen (secondary N) is 1. The van der Waals surface area contributed by atoms with E-state index in [-0.39, 0.29) is 17.9 Å². The number of likely N-dealkylation sites (tertiary alicyclic amines) is 1. The molecule has 2 heterocycles. The summed E-state index contributed by atoms with van der Waals surface area (Å²) < 4.78 is 9.74. The van der Waals surface area contributed by atoms with Crippen LogP contribution in [0.4, 0.5) is 9.80 Å². The summed E-state index contributed by atoms with van der Waals surface area (Å²) in [5.41, 5.74) is 0.448. The van der Waals surface area contributed by atoms with Crippen LogP contribution in [0.15, 0.2) is 6.07 Å². The van der Waals surface area contributed by atoms with Crippen LogP contribution >= 0.6 is 11.5 Å². The second-order valence-electron chi connectivity index (χ2n) is 6.21. The molecule has 1 saturated heterocycles. The van der Waals surface area contributed by atoms with Crippen LogP contribution in [0.5, 0.6) is 0 Å². The van der Waals surface area contributed by atoms with E-state index >= 15 is 0 Å². The van der Waals surface area contributed by atoms with Crippen LogP contribution in [0, 0.1) is 0 Å². The number of carbonyl (C=O) groups is 2. The van der Waals surface area contributed by atoms with Gasteiger partial charge in [0, 0.05) is 25.9 Å². The first-order valence-electron chi connectivity index (χ1n) is 6.97. The van der Waals surface area contributed by atoms with E-state index in [0.717, 1.165) is 17.1 Å². The molecule has 116 valence electrons. The predicted molar refractivity (Wildman–Crippen MR) is 81.6 cm³/mol. The van der Waals surface area contributed by atoms with Gasteiger partial charge in [0.25, 0.3) is 0 Å². The van der Waals surface area contributed by atoms with E-state index in [1.807, 2.05) is 26.8 Å². The molecule has 1 aromatic heterocycles. The van der Waals surface area contributed by atoms with Gasteiger partial charge in [-0.25, -0.2) is 4.79 Å². The number of hydrogen-bond acceptors (Lipinski definition) is 5. The number of hydrogen-bond donors (Lipinski definition) is 1. The number of amides is 2. The van der Waals surface area contributed by atoms with Crippen molar-refractivity contribution in [2.75, 3.05) is 18.4 Å². The molecule has 6 nitrogen and oxygen atoms in total. The van der Waals surface area contributed by atoms with Crippen LogP contribution in [-0.4, -0.2) is 40.0 Å². The van der Waals surface area contributed by atoms with Gasteiger partial charge in [-0.2, -0.15) is 4.37 Å². The summed E-state index contributed by atoms with van der Waals surface area (Å²) in [5, 5.41) is 3.47. The molecular weight excluding hydrogens is 290 g/mol. The molecule has 0 unspecified atom stereocenters. The van der Waals surface area contributed by atoms with Crippen molar-refractivity contribution in [3.63, 3.8) is 0 Å². The van der Waals surface area contributed by atoms with Gasteiger partial charge in [0.05, 0.1) is 5.69 Å². The summed E-state index contributed by atoms with van der Waals surface area (Å²) in [5.74, 6) is 0.100. The lowest BCUT2D eigenvalue weighted by Gasteiger charge is -2.24. The second-order valence-corrected chi connectivity index (χ2v) is 7.01. The molecule has 1 atom stereocenters. The van der Waals surface area contributed by atoms with Crippen LogP contribution in [0.3, 0.4) is 0 Å². The molecule has 1 aromatic rings. The van der Waals surface area contributed by atoms with E-state index in [0.29, 0.717) is 13.1 Å². The number of aromatic nitrogens is 1. The molecule has 0 saturated carbocycles. The fourth-order valence-electron chi connectivity index (χ4n) is 2.21. The van der Waals surface area contributed by atoms with E-state index in [2.05, 4.69) is 9.69 Å². The first-order chi connectivity index (χ1) is 9.74. The van der Waals surface area contributed by atoms with Crippen molar-refractivity contribution >= 4 is 28.5 Å². The van der Waals surface area contributed by atoms with E-state index in [1.165, 1.54) is 18.5 Å². The summed E-state index contributed by atoms with van der Waals surface area (Å²) in [7, 11) is 0. The lowest BCUT2D eigenvalue weighted by atomic mass is 10.1. The van der Waals surface area contributed by atoms with Gasteiger partial charge in [-0.1, -0.05) is 0 Å². The fraction of sp³-hybridized carbons (Fsp3) is 0.643. The van der Waals surface area contributed by atoms with Gasteiger partial charge in [-0.05, 0) is 44.8 Å². The molecule has 0 aromatic carbocycles. The van der Waals surface area contributed by atoms with Crippen molar-refractivity contribution in [1.29, 1.82) is 0 Å². The van der Waals surface area contributed by atoms with Gasteiger partial charge >= 0.3 is 6.09 Å². The minimum Gasteiger partial charge on any atom is -0.444 e. The average Bonchev–Trinajstić information content (AvgIpc) is 2.93. The molecule has 1 aliphatic rings. The van der Waals surface area contributed by atoms with Crippen LogP contribution in [0.2, 0.25) is 0 Å². The minimum absolute atomic E-state index is 0.105. The lowest BCUT2D eigenvalue weighted by molar-refractivity contribution is -0.114. The maximum atomic E-state index is 12.0. The Hall–Kier alpha value is -1.63. The van der Waals surface area contributed by atoms with E-state index < -0.39 is 5.60 Å². The summed E-state index contributed by atoms with van der Waals surface area (Å²) in [4.78, 5) is 24.7. The van der Waals surface area contributed by atoms with Gasteiger partial charge in [-0.15, -0.1) is 0 Å². The van der Waals surface area contributed by atoms with Crippen LogP contribution in [0.1, 0.15) is 45.7 Å². The van der Waals surface area contributed by atoms with Gasteiger partial charge in [0.2, 0.25) is 5.91 Å². The highest BCUT2D eigenvalue weighted by Gasteiger charge is 2.31. The van der Waals surface area contributed by atoms with Crippen molar-refractivity contribution in [1.82, 2.24) is 9.27 Å². The molecule has 1 fully saturated rings. The quantitative estimate of drug-likeness (QED) is 0.911. The van der Waals surface area contributed by atoms with Crippen LogP contribution < -0.4 is 5.32 Å². The molecule has 7 heteroatoms. The van der Waals surface area contributed by atoms with E-state index in [1.54, 1.807) is 4.90 Å². The number of rotatable bonds is 2. The van der Waals surface area contributed by atoms with Crippen molar-refractivity contribution < 1.29 is 14.3 Å². The second kappa shape index (κ2) is 6.01. The van der Waals surface area contributed by atoms with Crippen molar-refractivity contribution in [2.24, 2.45) is 0 Å². The Kier molecular flexibility index (Phi) is 4.51. The Morgan fingerprint density at radius 3 is 2.81 bits per heavy atom. The smallest absolute Gasteiger partial charge is 0.410 e. The molecule has 0 bridgehead atoms. The van der Waals surface area contributed by atoms with Gasteiger partial charge in [0.15, 0.2) is 0 Å². The largest absolute Gasteiger partial charge is 0.444 e. The monoisotopic (exact) mass is 311 g/mol. The first-order valence-corrected chi connectivity index (χ1v) is 7.74. The molecular formula is C14H21N3O3S. The Morgan fingerprint density at radius 2 is 2.19 bits per heavy atom. The standard InChI is InChI=1S/C14H21N3O3S/c1-9(18)15-12-7-11(16-21-12)10-5-6-17(8-10)13(19)20-14(2,3)4/h7,10H,5-6,8H2,1-4H3,(H,15,18)/t10-/m1/s1. The number of nitrogens with zero attached hydrogens (tertiary/aromatic N) is 2. The highest BCUT2D eigenvalue weighted by atomic mass is 32.1. The summed E-state index contributed by atoms with van der Waals surface area (Å²) >= 11 is 1.27. The van der Waals surface area contributed by atoms with Crippen molar-refractivity contribution in [2.45, 2.75) is 45.6 Å². The summed E-state index contributed by atoms with van der Waals surface area (Å²) in [6, 6.07) is 1.88. The molecule has 0 aliphatic carbocycles. The van der Waals surface area contributed by atoms with Crippen LogP contribution in [0.25, 0.3) is 0 Å². The van der Waals surface area contributed by atoms with Crippen molar-refractivity contribution in [3.05, 3.63) is 11.8 Å². The summed E-state index contributed by atoms with van der Waals surface area (Å²) in [6.45, 7) is 8.33. The van der Waals surface area contributed by atoms with Gasteiger partial charge in [-0.3, -0.25) is 4.79 Å². The third-order valence-electron chi connectivity index (χ3n) is 3.09. The Morgan fingerprint density at radius 1 is 1.48 bits per heavy atom. The maximum Gasteiger partial charge on any atom is 0.410 e. The van der Waals surface area contributed by atoms with Gasteiger partial charge in [0.1, 0.15) is 10.6 Å². The molecule has 1 N–H and O–H groups in total. The molecule has 21 heavy (non-hydrogen) atoms. The van der Waals surface area contributed by atoms with Crippen molar-refractivity contribution in [3.8, 4) is 0 Å². The molecule has 0 radical (unpaired) electrons. The Labute approximate surface area is 128 Å². The molecule has 1 aliphatic heterocycles. The average molecular weight is 311 g/mol. The highest BCUT2D eigenvalue weighted by Crippen LogP contribution is 2.30. The van der Waals surface area contributed by atoms with E-state index in [9.17, 15) is 9.59 Å². The normalized spacial score (nSPS) is 18.7. The Balaban J connectivity index is 1.94. The minimum atomic E-state index is -0.478. The topological polar surface area (TPSA) is 71.5 Å². The zero-order valence-electron chi connectivity index (χ0n) is 12.8. The fourth-order valence-corrected chi connectivity index (χ4v) is 2.98. The number of ether oxygens (including phenoxy) is 1. The molecule has 0 spiro atoms.